The summed E-state index contributed by atoms with van der Waals surface area (Å²) in [5, 5.41) is 4.22. The number of hydrogen-bond donors (Lipinski definition) is 0. The first kappa shape index (κ1) is 19.9. The zero-order chi connectivity index (χ0) is 19.9. The summed E-state index contributed by atoms with van der Waals surface area (Å²) in [6.07, 6.45) is 2.49. The standard InChI is InChI=1S/C23H28N2O3/c1-16(2)12-19(13-17-8-6-5-7-9-17)23-24-22(25-28-23)15-18-10-11-20(26-3)21(14-18)27-4/h5-11,14,16,19H,12-13,15H2,1-4H3. The van der Waals surface area contributed by atoms with Gasteiger partial charge in [-0.2, -0.15) is 4.98 Å². The number of ether oxygens (including phenoxy) is 2. The number of methoxy groups -OCH3 is 2. The molecule has 3 rings (SSSR count). The highest BCUT2D eigenvalue weighted by Crippen LogP contribution is 2.29. The van der Waals surface area contributed by atoms with Crippen LogP contribution < -0.4 is 9.47 Å². The summed E-state index contributed by atoms with van der Waals surface area (Å²) in [4.78, 5) is 4.70. The van der Waals surface area contributed by atoms with Gasteiger partial charge in [-0.3, -0.25) is 0 Å². The molecule has 0 spiro atoms. The van der Waals surface area contributed by atoms with Crippen LogP contribution in [-0.4, -0.2) is 24.4 Å². The maximum Gasteiger partial charge on any atom is 0.230 e. The lowest BCUT2D eigenvalue weighted by Gasteiger charge is -2.15. The Labute approximate surface area is 166 Å². The van der Waals surface area contributed by atoms with Crippen LogP contribution in [0, 0.1) is 5.92 Å². The van der Waals surface area contributed by atoms with Gasteiger partial charge in [0.05, 0.1) is 14.2 Å². The molecule has 0 fully saturated rings. The molecule has 0 N–H and O–H groups in total. The summed E-state index contributed by atoms with van der Waals surface area (Å²) in [5.74, 6) is 3.58. The van der Waals surface area contributed by atoms with E-state index in [0.717, 1.165) is 18.4 Å². The van der Waals surface area contributed by atoms with E-state index < -0.39 is 0 Å². The number of benzene rings is 2. The topological polar surface area (TPSA) is 57.4 Å². The minimum Gasteiger partial charge on any atom is -0.493 e. The van der Waals surface area contributed by atoms with Crippen molar-refractivity contribution in [2.45, 2.75) is 39.0 Å². The Morgan fingerprint density at radius 2 is 1.68 bits per heavy atom. The molecule has 5 nitrogen and oxygen atoms in total. The van der Waals surface area contributed by atoms with Gasteiger partial charge in [-0.15, -0.1) is 0 Å². The monoisotopic (exact) mass is 380 g/mol. The second-order valence-corrected chi connectivity index (χ2v) is 7.43. The maximum atomic E-state index is 5.66. The average molecular weight is 380 g/mol. The largest absolute Gasteiger partial charge is 0.493 e. The van der Waals surface area contributed by atoms with Crippen LogP contribution in [0.3, 0.4) is 0 Å². The first-order valence-electron chi connectivity index (χ1n) is 9.66. The van der Waals surface area contributed by atoms with Crippen LogP contribution in [0.5, 0.6) is 11.5 Å². The van der Waals surface area contributed by atoms with Gasteiger partial charge in [0.2, 0.25) is 5.89 Å². The first-order valence-corrected chi connectivity index (χ1v) is 9.66. The van der Waals surface area contributed by atoms with Gasteiger partial charge >= 0.3 is 0 Å². The Bertz CT molecular complexity index is 875. The van der Waals surface area contributed by atoms with Crippen LogP contribution in [0.25, 0.3) is 0 Å². The van der Waals surface area contributed by atoms with Gasteiger partial charge in [0, 0.05) is 12.3 Å². The number of hydrogen-bond acceptors (Lipinski definition) is 5. The molecule has 0 amide bonds. The third-order valence-electron chi connectivity index (χ3n) is 4.72. The minimum atomic E-state index is 0.217. The molecule has 0 radical (unpaired) electrons. The smallest absolute Gasteiger partial charge is 0.230 e. The van der Waals surface area contributed by atoms with E-state index in [0.29, 0.717) is 35.6 Å². The van der Waals surface area contributed by atoms with E-state index in [1.807, 2.05) is 24.3 Å². The van der Waals surface area contributed by atoms with Crippen molar-refractivity contribution in [1.82, 2.24) is 10.1 Å². The molecule has 1 unspecified atom stereocenters. The van der Waals surface area contributed by atoms with Crippen LogP contribution in [0.1, 0.15) is 49.0 Å². The third-order valence-corrected chi connectivity index (χ3v) is 4.72. The van der Waals surface area contributed by atoms with Crippen molar-refractivity contribution in [2.75, 3.05) is 14.2 Å². The third kappa shape index (κ3) is 5.12. The molecular formula is C23H28N2O3. The Morgan fingerprint density at radius 1 is 0.929 bits per heavy atom. The van der Waals surface area contributed by atoms with Crippen molar-refractivity contribution >= 4 is 0 Å². The fraction of sp³-hybridized carbons (Fsp3) is 0.391. The van der Waals surface area contributed by atoms with Crippen molar-refractivity contribution < 1.29 is 14.0 Å². The summed E-state index contributed by atoms with van der Waals surface area (Å²) >= 11 is 0. The lowest BCUT2D eigenvalue weighted by Crippen LogP contribution is -2.07. The molecule has 2 aromatic carbocycles. The lowest BCUT2D eigenvalue weighted by atomic mass is 9.91. The van der Waals surface area contributed by atoms with Crippen molar-refractivity contribution in [3.8, 4) is 11.5 Å². The summed E-state index contributed by atoms with van der Waals surface area (Å²) in [5.41, 5.74) is 2.33. The molecule has 148 valence electrons. The summed E-state index contributed by atoms with van der Waals surface area (Å²) < 4.78 is 16.3. The highest BCUT2D eigenvalue weighted by molar-refractivity contribution is 5.43. The van der Waals surface area contributed by atoms with Gasteiger partial charge in [-0.25, -0.2) is 0 Å². The van der Waals surface area contributed by atoms with Crippen LogP contribution in [0.15, 0.2) is 53.1 Å². The van der Waals surface area contributed by atoms with Crippen molar-refractivity contribution in [1.29, 1.82) is 0 Å². The van der Waals surface area contributed by atoms with E-state index in [9.17, 15) is 0 Å². The molecule has 3 aromatic rings. The Kier molecular flexibility index (Phi) is 6.69. The second-order valence-electron chi connectivity index (χ2n) is 7.43. The quantitative estimate of drug-likeness (QED) is 0.520. The van der Waals surface area contributed by atoms with Gasteiger partial charge in [0.1, 0.15) is 0 Å². The molecule has 1 aromatic heterocycles. The summed E-state index contributed by atoms with van der Waals surface area (Å²) in [6.45, 7) is 4.44. The van der Waals surface area contributed by atoms with Crippen LogP contribution >= 0.6 is 0 Å². The number of aromatic nitrogens is 2. The van der Waals surface area contributed by atoms with Gasteiger partial charge in [0.15, 0.2) is 17.3 Å². The fourth-order valence-electron chi connectivity index (χ4n) is 3.42. The zero-order valence-electron chi connectivity index (χ0n) is 17.0. The Balaban J connectivity index is 1.76. The van der Waals surface area contributed by atoms with E-state index in [4.69, 9.17) is 19.0 Å². The van der Waals surface area contributed by atoms with Crippen LogP contribution in [-0.2, 0) is 12.8 Å². The molecule has 28 heavy (non-hydrogen) atoms. The van der Waals surface area contributed by atoms with E-state index in [-0.39, 0.29) is 5.92 Å². The summed E-state index contributed by atoms with van der Waals surface area (Å²) in [6, 6.07) is 16.3. The number of rotatable bonds is 9. The maximum absolute atomic E-state index is 5.66. The van der Waals surface area contributed by atoms with E-state index in [1.54, 1.807) is 14.2 Å². The molecule has 0 bridgehead atoms. The molecule has 0 aliphatic rings. The average Bonchev–Trinajstić information content (AvgIpc) is 3.16. The van der Waals surface area contributed by atoms with Crippen molar-refractivity contribution in [3.63, 3.8) is 0 Å². The van der Waals surface area contributed by atoms with Crippen molar-refractivity contribution in [2.24, 2.45) is 5.92 Å². The van der Waals surface area contributed by atoms with E-state index >= 15 is 0 Å². The van der Waals surface area contributed by atoms with E-state index in [2.05, 4.69) is 43.3 Å². The predicted molar refractivity (Wildman–Crippen MR) is 109 cm³/mol. The first-order chi connectivity index (χ1) is 13.6. The molecule has 0 aliphatic heterocycles. The molecule has 0 saturated heterocycles. The molecular weight excluding hydrogens is 352 g/mol. The second kappa shape index (κ2) is 9.40. The zero-order valence-corrected chi connectivity index (χ0v) is 17.0. The van der Waals surface area contributed by atoms with Gasteiger partial charge < -0.3 is 14.0 Å². The highest BCUT2D eigenvalue weighted by Gasteiger charge is 2.21. The predicted octanol–water partition coefficient (Wildman–Crippen LogP) is 5.05. The van der Waals surface area contributed by atoms with Crippen molar-refractivity contribution in [3.05, 3.63) is 71.4 Å². The lowest BCUT2D eigenvalue weighted by molar-refractivity contribution is 0.328. The highest BCUT2D eigenvalue weighted by atomic mass is 16.5. The number of nitrogens with zero attached hydrogens (tertiary/aromatic N) is 2. The molecule has 1 heterocycles. The van der Waals surface area contributed by atoms with Crippen LogP contribution in [0.4, 0.5) is 0 Å². The van der Waals surface area contributed by atoms with Gasteiger partial charge in [0.25, 0.3) is 0 Å². The minimum absolute atomic E-state index is 0.217. The van der Waals surface area contributed by atoms with Gasteiger partial charge in [-0.1, -0.05) is 55.4 Å². The fourth-order valence-corrected chi connectivity index (χ4v) is 3.42. The van der Waals surface area contributed by atoms with Crippen LogP contribution in [0.2, 0.25) is 0 Å². The SMILES string of the molecule is COc1ccc(Cc2noc(C(Cc3ccccc3)CC(C)C)n2)cc1OC. The normalized spacial score (nSPS) is 12.2. The van der Waals surface area contributed by atoms with E-state index in [1.165, 1.54) is 5.56 Å². The molecule has 0 aliphatic carbocycles. The molecule has 5 heteroatoms. The summed E-state index contributed by atoms with van der Waals surface area (Å²) in [7, 11) is 3.26. The van der Waals surface area contributed by atoms with Gasteiger partial charge in [-0.05, 0) is 42.0 Å². The Hall–Kier alpha value is -2.82. The molecule has 1 atom stereocenters. The Morgan fingerprint density at radius 3 is 2.36 bits per heavy atom. The molecule has 0 saturated carbocycles.